The third kappa shape index (κ3) is 6.55. The summed E-state index contributed by atoms with van der Waals surface area (Å²) < 4.78 is 11.9. The van der Waals surface area contributed by atoms with E-state index in [0.29, 0.717) is 49.2 Å². The first-order valence-corrected chi connectivity index (χ1v) is 10.6. The van der Waals surface area contributed by atoms with E-state index in [-0.39, 0.29) is 0 Å². The molecule has 0 heterocycles. The standard InChI is InChI=1S/C30H24N2O2/c1-5-21-31(22-6-2)25-9-13-27(14-10-25)33-29-17-19-30(20-18-29)34-28-15-11-26(12-16-28)32(23-7-3)24-8-4/h1-4,9-20H,21-24H2. The molecule has 0 radical (unpaired) electrons. The van der Waals surface area contributed by atoms with E-state index in [0.717, 1.165) is 11.4 Å². The lowest BCUT2D eigenvalue weighted by Crippen LogP contribution is -2.23. The summed E-state index contributed by atoms with van der Waals surface area (Å²) in [5, 5.41) is 0. The lowest BCUT2D eigenvalue weighted by Gasteiger charge is -2.20. The van der Waals surface area contributed by atoms with Crippen LogP contribution in [0.4, 0.5) is 11.4 Å². The van der Waals surface area contributed by atoms with Crippen LogP contribution in [0.15, 0.2) is 72.8 Å². The number of ether oxygens (including phenoxy) is 2. The molecule has 0 bridgehead atoms. The third-order valence-electron chi connectivity index (χ3n) is 4.83. The number of hydrogen-bond acceptors (Lipinski definition) is 4. The number of hydrogen-bond donors (Lipinski definition) is 0. The number of rotatable bonds is 10. The summed E-state index contributed by atoms with van der Waals surface area (Å²) in [5.74, 6) is 13.3. The smallest absolute Gasteiger partial charge is 0.127 e. The van der Waals surface area contributed by atoms with E-state index in [1.165, 1.54) is 0 Å². The van der Waals surface area contributed by atoms with Gasteiger partial charge in [-0.15, -0.1) is 25.7 Å². The summed E-state index contributed by atoms with van der Waals surface area (Å²) in [5.41, 5.74) is 1.89. The molecule has 0 aliphatic carbocycles. The molecule has 3 aromatic carbocycles. The first-order valence-electron chi connectivity index (χ1n) is 10.6. The second-order valence-electron chi connectivity index (χ2n) is 7.19. The minimum atomic E-state index is 0.447. The molecular weight excluding hydrogens is 420 g/mol. The molecular formula is C30H24N2O2. The Morgan fingerprint density at radius 2 is 0.676 bits per heavy atom. The zero-order valence-electron chi connectivity index (χ0n) is 18.8. The van der Waals surface area contributed by atoms with Crippen molar-refractivity contribution in [3.63, 3.8) is 0 Å². The molecule has 3 aromatic rings. The van der Waals surface area contributed by atoms with Crippen LogP contribution in [0.25, 0.3) is 0 Å². The van der Waals surface area contributed by atoms with Crippen molar-refractivity contribution >= 4 is 11.4 Å². The van der Waals surface area contributed by atoms with Gasteiger partial charge in [0.25, 0.3) is 0 Å². The van der Waals surface area contributed by atoms with Gasteiger partial charge in [-0.05, 0) is 72.8 Å². The number of nitrogens with zero attached hydrogens (tertiary/aromatic N) is 2. The summed E-state index contributed by atoms with van der Waals surface area (Å²) >= 11 is 0. The fraction of sp³-hybridized carbons (Fsp3) is 0.133. The normalized spacial score (nSPS) is 9.53. The van der Waals surface area contributed by atoms with Gasteiger partial charge in [0, 0.05) is 11.4 Å². The highest BCUT2D eigenvalue weighted by molar-refractivity contribution is 5.53. The fourth-order valence-electron chi connectivity index (χ4n) is 3.22. The van der Waals surface area contributed by atoms with E-state index >= 15 is 0 Å². The van der Waals surface area contributed by atoms with Crippen molar-refractivity contribution in [3.8, 4) is 72.4 Å². The fourth-order valence-corrected chi connectivity index (χ4v) is 3.22. The van der Waals surface area contributed by atoms with Gasteiger partial charge in [0.15, 0.2) is 0 Å². The maximum Gasteiger partial charge on any atom is 0.127 e. The topological polar surface area (TPSA) is 24.9 Å². The molecule has 166 valence electrons. The zero-order valence-corrected chi connectivity index (χ0v) is 18.8. The van der Waals surface area contributed by atoms with Gasteiger partial charge in [-0.25, -0.2) is 0 Å². The van der Waals surface area contributed by atoms with Gasteiger partial charge in [-0.3, -0.25) is 0 Å². The van der Waals surface area contributed by atoms with Crippen LogP contribution in [0.1, 0.15) is 0 Å². The highest BCUT2D eigenvalue weighted by Crippen LogP contribution is 2.29. The first-order chi connectivity index (χ1) is 16.7. The van der Waals surface area contributed by atoms with Crippen LogP contribution in [0.5, 0.6) is 23.0 Å². The van der Waals surface area contributed by atoms with Gasteiger partial charge >= 0.3 is 0 Å². The van der Waals surface area contributed by atoms with Gasteiger partial charge in [0.1, 0.15) is 23.0 Å². The Hall–Kier alpha value is -4.90. The van der Waals surface area contributed by atoms with Crippen LogP contribution in [0, 0.1) is 49.4 Å². The van der Waals surface area contributed by atoms with E-state index in [2.05, 4.69) is 23.7 Å². The van der Waals surface area contributed by atoms with Crippen LogP contribution >= 0.6 is 0 Å². The van der Waals surface area contributed by atoms with E-state index in [9.17, 15) is 0 Å². The van der Waals surface area contributed by atoms with Crippen molar-refractivity contribution in [1.29, 1.82) is 0 Å². The lowest BCUT2D eigenvalue weighted by atomic mass is 10.2. The molecule has 4 nitrogen and oxygen atoms in total. The lowest BCUT2D eigenvalue weighted by molar-refractivity contribution is 0.469. The monoisotopic (exact) mass is 444 g/mol. The van der Waals surface area contributed by atoms with Gasteiger partial charge in [-0.2, -0.15) is 0 Å². The van der Waals surface area contributed by atoms with Crippen LogP contribution in [-0.4, -0.2) is 26.2 Å². The summed E-state index contributed by atoms with van der Waals surface area (Å²) in [6, 6.07) is 22.6. The molecule has 0 atom stereocenters. The molecule has 34 heavy (non-hydrogen) atoms. The SMILES string of the molecule is C#CCN(CC#C)c1ccc(Oc2ccc(Oc3ccc(N(CC#C)CC#C)cc3)cc2)cc1. The van der Waals surface area contributed by atoms with E-state index < -0.39 is 0 Å². The second-order valence-corrected chi connectivity index (χ2v) is 7.19. The first kappa shape index (κ1) is 23.8. The summed E-state index contributed by atoms with van der Waals surface area (Å²) in [4.78, 5) is 3.87. The van der Waals surface area contributed by atoms with Crippen molar-refractivity contribution in [2.75, 3.05) is 36.0 Å². The third-order valence-corrected chi connectivity index (χ3v) is 4.83. The molecule has 0 aromatic heterocycles. The Bertz CT molecular complexity index is 1100. The molecule has 0 spiro atoms. The molecule has 0 N–H and O–H groups in total. The van der Waals surface area contributed by atoms with Crippen molar-refractivity contribution < 1.29 is 9.47 Å². The Balaban J connectivity index is 1.60. The van der Waals surface area contributed by atoms with Crippen molar-refractivity contribution in [2.45, 2.75) is 0 Å². The molecule has 0 aliphatic rings. The maximum atomic E-state index is 5.93. The largest absolute Gasteiger partial charge is 0.457 e. The molecule has 0 amide bonds. The average molecular weight is 445 g/mol. The van der Waals surface area contributed by atoms with Gasteiger partial charge in [0.05, 0.1) is 26.2 Å². The highest BCUT2D eigenvalue weighted by Gasteiger charge is 2.06. The summed E-state index contributed by atoms with van der Waals surface area (Å²) in [6.07, 6.45) is 21.7. The Kier molecular flexibility index (Phi) is 8.54. The maximum absolute atomic E-state index is 5.93. The predicted octanol–water partition coefficient (Wildman–Crippen LogP) is 5.42. The zero-order chi connectivity index (χ0) is 24.2. The Labute approximate surface area is 202 Å². The van der Waals surface area contributed by atoms with Gasteiger partial charge in [0.2, 0.25) is 0 Å². The number of terminal acetylenes is 4. The number of benzene rings is 3. The van der Waals surface area contributed by atoms with Gasteiger partial charge in [-0.1, -0.05) is 23.7 Å². The number of anilines is 2. The Morgan fingerprint density at radius 1 is 0.441 bits per heavy atom. The van der Waals surface area contributed by atoms with Crippen molar-refractivity contribution in [2.24, 2.45) is 0 Å². The summed E-state index contributed by atoms with van der Waals surface area (Å²) in [6.45, 7) is 1.79. The highest BCUT2D eigenvalue weighted by atomic mass is 16.5. The van der Waals surface area contributed by atoms with Crippen LogP contribution in [0.3, 0.4) is 0 Å². The molecule has 0 saturated carbocycles. The molecule has 0 aliphatic heterocycles. The molecule has 0 fully saturated rings. The van der Waals surface area contributed by atoms with E-state index in [1.54, 1.807) is 0 Å². The quantitative estimate of drug-likeness (QED) is 0.390. The minimum Gasteiger partial charge on any atom is -0.457 e. The van der Waals surface area contributed by atoms with Gasteiger partial charge < -0.3 is 19.3 Å². The van der Waals surface area contributed by atoms with Crippen LogP contribution in [0.2, 0.25) is 0 Å². The average Bonchev–Trinajstić information content (AvgIpc) is 2.86. The van der Waals surface area contributed by atoms with Crippen LogP contribution in [-0.2, 0) is 0 Å². The van der Waals surface area contributed by atoms with Crippen molar-refractivity contribution in [3.05, 3.63) is 72.8 Å². The molecule has 0 unspecified atom stereocenters. The van der Waals surface area contributed by atoms with E-state index in [1.807, 2.05) is 82.6 Å². The second kappa shape index (κ2) is 12.2. The minimum absolute atomic E-state index is 0.447. The molecule has 0 saturated heterocycles. The van der Waals surface area contributed by atoms with Crippen LogP contribution < -0.4 is 19.3 Å². The Morgan fingerprint density at radius 3 is 0.912 bits per heavy atom. The van der Waals surface area contributed by atoms with E-state index in [4.69, 9.17) is 35.2 Å². The van der Waals surface area contributed by atoms with Crippen molar-refractivity contribution in [1.82, 2.24) is 0 Å². The summed E-state index contributed by atoms with van der Waals surface area (Å²) in [7, 11) is 0. The molecule has 4 heteroatoms. The molecule has 3 rings (SSSR count). The predicted molar refractivity (Wildman–Crippen MR) is 139 cm³/mol.